The number of hydrogen-bond acceptors (Lipinski definition) is 2. The van der Waals surface area contributed by atoms with E-state index in [0.29, 0.717) is 6.42 Å². The molecule has 0 amide bonds. The van der Waals surface area contributed by atoms with E-state index in [1.807, 2.05) is 55.7 Å². The zero-order chi connectivity index (χ0) is 13.9. The Morgan fingerprint density at radius 2 is 1.75 bits per heavy atom. The number of pyridine rings is 1. The second-order valence-corrected chi connectivity index (χ2v) is 4.76. The van der Waals surface area contributed by atoms with Gasteiger partial charge in [-0.1, -0.05) is 55.5 Å². The maximum Gasteiger partial charge on any atom is 0.162 e. The third-order valence-electron chi connectivity index (χ3n) is 3.51. The second kappa shape index (κ2) is 5.25. The number of carbonyl (C=O) groups is 1. The molecule has 20 heavy (non-hydrogen) atoms. The van der Waals surface area contributed by atoms with Gasteiger partial charge in [0.2, 0.25) is 0 Å². The number of aromatic nitrogens is 1. The molecule has 0 aliphatic carbocycles. The van der Waals surface area contributed by atoms with E-state index in [1.165, 1.54) is 5.39 Å². The van der Waals surface area contributed by atoms with Crippen molar-refractivity contribution in [2.45, 2.75) is 13.3 Å². The van der Waals surface area contributed by atoms with Crippen LogP contribution in [-0.4, -0.2) is 10.8 Å². The van der Waals surface area contributed by atoms with Gasteiger partial charge in [-0.05, 0) is 10.9 Å². The summed E-state index contributed by atoms with van der Waals surface area (Å²) in [4.78, 5) is 16.0. The lowest BCUT2D eigenvalue weighted by Gasteiger charge is -2.07. The largest absolute Gasteiger partial charge is 0.294 e. The van der Waals surface area contributed by atoms with Gasteiger partial charge in [0.25, 0.3) is 0 Å². The minimum absolute atomic E-state index is 0.174. The Bertz CT molecular complexity index is 754. The molecule has 0 fully saturated rings. The van der Waals surface area contributed by atoms with Crippen molar-refractivity contribution in [3.63, 3.8) is 0 Å². The van der Waals surface area contributed by atoms with Crippen LogP contribution in [0.3, 0.4) is 0 Å². The van der Waals surface area contributed by atoms with E-state index >= 15 is 0 Å². The number of carbonyl (C=O) groups excluding carboxylic acids is 1. The lowest BCUT2D eigenvalue weighted by atomic mass is 9.99. The maximum atomic E-state index is 11.7. The van der Waals surface area contributed by atoms with Gasteiger partial charge in [0.1, 0.15) is 0 Å². The molecule has 0 spiro atoms. The van der Waals surface area contributed by atoms with Gasteiger partial charge < -0.3 is 0 Å². The highest BCUT2D eigenvalue weighted by molar-refractivity contribution is 5.98. The normalized spacial score (nSPS) is 10.7. The fraction of sp³-hybridized carbons (Fsp3) is 0.111. The molecule has 1 aromatic heterocycles. The smallest absolute Gasteiger partial charge is 0.162 e. The number of hydrogen-bond donors (Lipinski definition) is 0. The van der Waals surface area contributed by atoms with E-state index in [4.69, 9.17) is 0 Å². The molecule has 98 valence electrons. The van der Waals surface area contributed by atoms with Gasteiger partial charge in [0.15, 0.2) is 5.78 Å². The number of ketones is 1. The van der Waals surface area contributed by atoms with Gasteiger partial charge in [-0.3, -0.25) is 9.78 Å². The van der Waals surface area contributed by atoms with Gasteiger partial charge in [0, 0.05) is 35.3 Å². The maximum absolute atomic E-state index is 11.7. The molecular formula is C18H15NO. The first-order chi connectivity index (χ1) is 9.79. The molecular weight excluding hydrogens is 246 g/mol. The third kappa shape index (κ3) is 2.21. The Morgan fingerprint density at radius 1 is 1.00 bits per heavy atom. The van der Waals surface area contributed by atoms with Crippen LogP contribution in [0.15, 0.2) is 60.9 Å². The zero-order valence-electron chi connectivity index (χ0n) is 11.3. The van der Waals surface area contributed by atoms with E-state index in [2.05, 4.69) is 17.1 Å². The van der Waals surface area contributed by atoms with Crippen molar-refractivity contribution in [2.24, 2.45) is 0 Å². The van der Waals surface area contributed by atoms with Crippen molar-refractivity contribution in [2.75, 3.05) is 0 Å². The Labute approximate surface area is 118 Å². The molecule has 2 aromatic carbocycles. The summed E-state index contributed by atoms with van der Waals surface area (Å²) in [6.45, 7) is 1.88. The van der Waals surface area contributed by atoms with E-state index in [9.17, 15) is 4.79 Å². The van der Waals surface area contributed by atoms with Crippen molar-refractivity contribution in [3.8, 4) is 11.1 Å². The number of benzene rings is 2. The highest BCUT2D eigenvalue weighted by Gasteiger charge is 2.06. The van der Waals surface area contributed by atoms with Crippen molar-refractivity contribution in [3.05, 3.63) is 66.5 Å². The fourth-order valence-electron chi connectivity index (χ4n) is 2.39. The first-order valence-corrected chi connectivity index (χ1v) is 6.76. The van der Waals surface area contributed by atoms with Crippen LogP contribution in [-0.2, 0) is 0 Å². The van der Waals surface area contributed by atoms with Gasteiger partial charge in [-0.25, -0.2) is 0 Å². The van der Waals surface area contributed by atoms with Gasteiger partial charge in [0.05, 0.1) is 0 Å². The average molecular weight is 261 g/mol. The first kappa shape index (κ1) is 12.5. The second-order valence-electron chi connectivity index (χ2n) is 4.76. The summed E-state index contributed by atoms with van der Waals surface area (Å²) in [5.74, 6) is 0.174. The van der Waals surface area contributed by atoms with Crippen LogP contribution < -0.4 is 0 Å². The Morgan fingerprint density at radius 3 is 2.50 bits per heavy atom. The van der Waals surface area contributed by atoms with E-state index in [-0.39, 0.29) is 5.78 Å². The van der Waals surface area contributed by atoms with E-state index in [0.717, 1.165) is 22.1 Å². The Balaban J connectivity index is 2.09. The highest BCUT2D eigenvalue weighted by Crippen LogP contribution is 2.27. The quantitative estimate of drug-likeness (QED) is 0.650. The van der Waals surface area contributed by atoms with Crippen LogP contribution in [0.2, 0.25) is 0 Å². The monoisotopic (exact) mass is 261 g/mol. The molecule has 0 radical (unpaired) electrons. The number of fused-ring (bicyclic) bond motifs is 1. The minimum atomic E-state index is 0.174. The summed E-state index contributed by atoms with van der Waals surface area (Å²) in [5, 5.41) is 2.30. The lowest BCUT2D eigenvalue weighted by molar-refractivity contribution is 0.0988. The lowest BCUT2D eigenvalue weighted by Crippen LogP contribution is -1.95. The molecule has 2 nitrogen and oxygen atoms in total. The van der Waals surface area contributed by atoms with Crippen molar-refractivity contribution in [1.29, 1.82) is 0 Å². The van der Waals surface area contributed by atoms with E-state index < -0.39 is 0 Å². The Hall–Kier alpha value is -2.48. The molecule has 0 saturated carbocycles. The van der Waals surface area contributed by atoms with Gasteiger partial charge >= 0.3 is 0 Å². The molecule has 0 N–H and O–H groups in total. The van der Waals surface area contributed by atoms with Crippen LogP contribution in [0.4, 0.5) is 0 Å². The molecule has 0 saturated heterocycles. The van der Waals surface area contributed by atoms with Crippen molar-refractivity contribution >= 4 is 16.6 Å². The molecule has 2 heteroatoms. The Kier molecular flexibility index (Phi) is 3.30. The van der Waals surface area contributed by atoms with Crippen LogP contribution in [0.25, 0.3) is 21.9 Å². The third-order valence-corrected chi connectivity index (χ3v) is 3.51. The summed E-state index contributed by atoms with van der Waals surface area (Å²) >= 11 is 0. The summed E-state index contributed by atoms with van der Waals surface area (Å²) in [7, 11) is 0. The van der Waals surface area contributed by atoms with Crippen LogP contribution >= 0.6 is 0 Å². The van der Waals surface area contributed by atoms with Crippen LogP contribution in [0.5, 0.6) is 0 Å². The van der Waals surface area contributed by atoms with Crippen molar-refractivity contribution < 1.29 is 4.79 Å². The topological polar surface area (TPSA) is 30.0 Å². The molecule has 3 aromatic rings. The summed E-state index contributed by atoms with van der Waals surface area (Å²) in [6.07, 6.45) is 4.28. The van der Waals surface area contributed by atoms with Crippen LogP contribution in [0.1, 0.15) is 23.7 Å². The molecule has 0 aliphatic rings. The first-order valence-electron chi connectivity index (χ1n) is 6.76. The van der Waals surface area contributed by atoms with Crippen molar-refractivity contribution in [1.82, 2.24) is 4.98 Å². The standard InChI is InChI=1S/C18H15NO/c1-2-18(20)14-9-7-13(8-10-14)17-12-19-11-15-5-3-4-6-16(15)17/h3-12H,2H2,1H3. The highest BCUT2D eigenvalue weighted by atomic mass is 16.1. The average Bonchev–Trinajstić information content (AvgIpc) is 2.54. The zero-order valence-corrected chi connectivity index (χ0v) is 11.3. The van der Waals surface area contributed by atoms with Gasteiger partial charge in [-0.15, -0.1) is 0 Å². The molecule has 0 bridgehead atoms. The minimum Gasteiger partial charge on any atom is -0.294 e. The predicted molar refractivity (Wildman–Crippen MR) is 81.8 cm³/mol. The fourth-order valence-corrected chi connectivity index (χ4v) is 2.39. The SMILES string of the molecule is CCC(=O)c1ccc(-c2cncc3ccccc23)cc1. The molecule has 1 heterocycles. The summed E-state index contributed by atoms with van der Waals surface area (Å²) < 4.78 is 0. The predicted octanol–water partition coefficient (Wildman–Crippen LogP) is 4.49. The number of rotatable bonds is 3. The number of nitrogens with zero attached hydrogens (tertiary/aromatic N) is 1. The van der Waals surface area contributed by atoms with Crippen LogP contribution in [0, 0.1) is 0 Å². The molecule has 3 rings (SSSR count). The molecule has 0 atom stereocenters. The number of Topliss-reactive ketones (excluding diaryl/α,β-unsaturated/α-hetero) is 1. The summed E-state index contributed by atoms with van der Waals surface area (Å²) in [6, 6.07) is 16.0. The molecule has 0 unspecified atom stereocenters. The van der Waals surface area contributed by atoms with E-state index in [1.54, 1.807) is 0 Å². The van der Waals surface area contributed by atoms with Gasteiger partial charge in [-0.2, -0.15) is 0 Å². The molecule has 0 aliphatic heterocycles. The summed E-state index contributed by atoms with van der Waals surface area (Å²) in [5.41, 5.74) is 2.95.